The lowest BCUT2D eigenvalue weighted by Gasteiger charge is -2.25. The van der Waals surface area contributed by atoms with Gasteiger partial charge in [-0.3, -0.25) is 9.48 Å². The Kier molecular flexibility index (Phi) is 5.70. The van der Waals surface area contributed by atoms with E-state index in [0.29, 0.717) is 30.8 Å². The van der Waals surface area contributed by atoms with Crippen LogP contribution in [0.3, 0.4) is 0 Å². The van der Waals surface area contributed by atoms with Gasteiger partial charge in [0.25, 0.3) is 5.91 Å². The summed E-state index contributed by atoms with van der Waals surface area (Å²) in [4.78, 5) is 14.0. The number of hydrogen-bond donors (Lipinski definition) is 1. The molecule has 0 saturated heterocycles. The summed E-state index contributed by atoms with van der Waals surface area (Å²) in [5.41, 5.74) is 3.05. The summed E-state index contributed by atoms with van der Waals surface area (Å²) in [6.07, 6.45) is 4.06. The maximum atomic E-state index is 13.4. The number of benzene rings is 1. The quantitative estimate of drug-likeness (QED) is 0.791. The molecule has 1 heterocycles. The molecule has 3 rings (SSSR count). The highest BCUT2D eigenvalue weighted by atomic mass is 19.1. The van der Waals surface area contributed by atoms with Crippen molar-refractivity contribution in [3.63, 3.8) is 0 Å². The Bertz CT molecular complexity index is 840. The van der Waals surface area contributed by atoms with Gasteiger partial charge in [-0.2, -0.15) is 5.10 Å². The van der Waals surface area contributed by atoms with E-state index < -0.39 is 11.6 Å². The van der Waals surface area contributed by atoms with Crippen LogP contribution in [-0.2, 0) is 25.9 Å². The van der Waals surface area contributed by atoms with Crippen molar-refractivity contribution in [1.29, 1.82) is 0 Å². The highest BCUT2D eigenvalue weighted by Gasteiger charge is 2.29. The average molecular weight is 374 g/mol. The number of rotatable bonds is 6. The van der Waals surface area contributed by atoms with E-state index in [1.165, 1.54) is 17.0 Å². The Morgan fingerprint density at radius 2 is 2.07 bits per heavy atom. The smallest absolute Gasteiger partial charge is 0.274 e. The number of halogens is 2. The van der Waals surface area contributed by atoms with Crippen molar-refractivity contribution in [3.8, 4) is 0 Å². The van der Waals surface area contributed by atoms with E-state index in [4.69, 9.17) is 0 Å². The minimum Gasteiger partial charge on any atom is -0.343 e. The largest absolute Gasteiger partial charge is 0.343 e. The first-order valence-electron chi connectivity index (χ1n) is 8.98. The molecule has 0 saturated carbocycles. The summed E-state index contributed by atoms with van der Waals surface area (Å²) in [6.45, 7) is 4.68. The van der Waals surface area contributed by atoms with Gasteiger partial charge in [0.15, 0.2) is 5.69 Å². The van der Waals surface area contributed by atoms with Crippen molar-refractivity contribution in [2.75, 3.05) is 14.1 Å². The molecule has 1 amide bonds. The summed E-state index contributed by atoms with van der Waals surface area (Å²) in [5.74, 6) is -1.29. The average Bonchev–Trinajstić information content (AvgIpc) is 2.96. The van der Waals surface area contributed by atoms with Crippen LogP contribution in [0.2, 0.25) is 0 Å². The van der Waals surface area contributed by atoms with Crippen molar-refractivity contribution in [2.24, 2.45) is 0 Å². The third-order valence-electron chi connectivity index (χ3n) is 4.77. The zero-order valence-electron chi connectivity index (χ0n) is 15.6. The first-order chi connectivity index (χ1) is 12.9. The molecule has 144 valence electrons. The standard InChI is InChI=1S/C20H24F2N4O/c1-4-7-26-18-6-5-16(11-17(18)19(24-26)20(27)25(2)3)23-12-13-8-14(21)10-15(22)9-13/h4,8-10,16,23H,1,5-7,11-12H2,2-3H3. The second-order valence-electron chi connectivity index (χ2n) is 7.04. The summed E-state index contributed by atoms with van der Waals surface area (Å²) in [7, 11) is 3.41. The van der Waals surface area contributed by atoms with Gasteiger partial charge in [0.05, 0.1) is 6.54 Å². The van der Waals surface area contributed by atoms with Gasteiger partial charge >= 0.3 is 0 Å². The molecule has 5 nitrogen and oxygen atoms in total. The molecule has 27 heavy (non-hydrogen) atoms. The zero-order chi connectivity index (χ0) is 19.6. The number of carbonyl (C=O) groups excluding carboxylic acids is 1. The lowest BCUT2D eigenvalue weighted by atomic mass is 9.91. The van der Waals surface area contributed by atoms with E-state index in [1.54, 1.807) is 20.2 Å². The minimum absolute atomic E-state index is 0.110. The number of allylic oxidation sites excluding steroid dienone is 1. The molecule has 0 aliphatic heterocycles. The van der Waals surface area contributed by atoms with E-state index in [1.807, 2.05) is 4.68 Å². The molecular formula is C20H24F2N4O. The topological polar surface area (TPSA) is 50.2 Å². The van der Waals surface area contributed by atoms with E-state index >= 15 is 0 Å². The normalized spacial score (nSPS) is 16.1. The van der Waals surface area contributed by atoms with E-state index in [0.717, 1.165) is 30.2 Å². The van der Waals surface area contributed by atoms with Gasteiger partial charge < -0.3 is 10.2 Å². The predicted molar refractivity (Wildman–Crippen MR) is 99.5 cm³/mol. The van der Waals surface area contributed by atoms with Crippen LogP contribution in [-0.4, -0.2) is 40.7 Å². The van der Waals surface area contributed by atoms with Crippen LogP contribution in [0.15, 0.2) is 30.9 Å². The molecule has 1 atom stereocenters. The van der Waals surface area contributed by atoms with Crippen molar-refractivity contribution >= 4 is 5.91 Å². The Morgan fingerprint density at radius 1 is 1.37 bits per heavy atom. The summed E-state index contributed by atoms with van der Waals surface area (Å²) < 4.78 is 28.6. The third kappa shape index (κ3) is 4.24. The molecule has 7 heteroatoms. The predicted octanol–water partition coefficient (Wildman–Crippen LogP) is 2.70. The van der Waals surface area contributed by atoms with Crippen molar-refractivity contribution in [1.82, 2.24) is 20.0 Å². The Morgan fingerprint density at radius 3 is 2.70 bits per heavy atom. The molecule has 2 aromatic rings. The van der Waals surface area contributed by atoms with Gasteiger partial charge in [-0.25, -0.2) is 8.78 Å². The fourth-order valence-electron chi connectivity index (χ4n) is 3.49. The number of amides is 1. The van der Waals surface area contributed by atoms with Crippen LogP contribution in [0.4, 0.5) is 8.78 Å². The van der Waals surface area contributed by atoms with Gasteiger partial charge in [-0.1, -0.05) is 6.08 Å². The molecule has 0 radical (unpaired) electrons. The Hall–Kier alpha value is -2.54. The number of nitrogens with one attached hydrogen (secondary N) is 1. The van der Waals surface area contributed by atoms with Gasteiger partial charge in [-0.05, 0) is 37.0 Å². The highest BCUT2D eigenvalue weighted by Crippen LogP contribution is 2.26. The molecule has 0 spiro atoms. The number of fused-ring (bicyclic) bond motifs is 1. The van der Waals surface area contributed by atoms with Crippen molar-refractivity contribution in [3.05, 3.63) is 65.0 Å². The molecule has 1 N–H and O–H groups in total. The number of aromatic nitrogens is 2. The molecule has 0 fully saturated rings. The number of nitrogens with zero attached hydrogens (tertiary/aromatic N) is 3. The molecular weight excluding hydrogens is 350 g/mol. The highest BCUT2D eigenvalue weighted by molar-refractivity contribution is 5.93. The maximum Gasteiger partial charge on any atom is 0.274 e. The van der Waals surface area contributed by atoms with Crippen LogP contribution in [0.25, 0.3) is 0 Å². The SMILES string of the molecule is C=CCn1nc(C(=O)N(C)C)c2c1CCC(NCc1cc(F)cc(F)c1)C2. The molecule has 1 aliphatic carbocycles. The minimum atomic E-state index is -0.581. The van der Waals surface area contributed by atoms with Crippen LogP contribution in [0, 0.1) is 11.6 Å². The second-order valence-corrected chi connectivity index (χ2v) is 7.04. The maximum absolute atomic E-state index is 13.4. The van der Waals surface area contributed by atoms with Crippen LogP contribution < -0.4 is 5.32 Å². The number of hydrogen-bond acceptors (Lipinski definition) is 3. The van der Waals surface area contributed by atoms with E-state index in [2.05, 4.69) is 17.0 Å². The van der Waals surface area contributed by atoms with Crippen molar-refractivity contribution in [2.45, 2.75) is 38.4 Å². The third-order valence-corrected chi connectivity index (χ3v) is 4.77. The van der Waals surface area contributed by atoms with Gasteiger partial charge in [0.1, 0.15) is 11.6 Å². The van der Waals surface area contributed by atoms with E-state index in [9.17, 15) is 13.6 Å². The summed E-state index contributed by atoms with van der Waals surface area (Å²) in [5, 5.41) is 7.86. The summed E-state index contributed by atoms with van der Waals surface area (Å²) >= 11 is 0. The molecule has 0 bridgehead atoms. The number of carbonyl (C=O) groups is 1. The lowest BCUT2D eigenvalue weighted by Crippen LogP contribution is -2.35. The van der Waals surface area contributed by atoms with Crippen LogP contribution in [0.1, 0.15) is 33.7 Å². The summed E-state index contributed by atoms with van der Waals surface area (Å²) in [6, 6.07) is 3.63. The molecule has 1 aliphatic rings. The Balaban J connectivity index is 1.78. The molecule has 1 unspecified atom stereocenters. The lowest BCUT2D eigenvalue weighted by molar-refractivity contribution is 0.0820. The zero-order valence-corrected chi connectivity index (χ0v) is 15.6. The molecule has 1 aromatic carbocycles. The molecule has 1 aromatic heterocycles. The first-order valence-corrected chi connectivity index (χ1v) is 8.98. The first kappa shape index (κ1) is 19.2. The second kappa shape index (κ2) is 8.00. The fraction of sp³-hybridized carbons (Fsp3) is 0.400. The van der Waals surface area contributed by atoms with Crippen LogP contribution >= 0.6 is 0 Å². The van der Waals surface area contributed by atoms with Crippen molar-refractivity contribution < 1.29 is 13.6 Å². The van der Waals surface area contributed by atoms with Crippen LogP contribution in [0.5, 0.6) is 0 Å². The van der Waals surface area contributed by atoms with Gasteiger partial charge in [-0.15, -0.1) is 6.58 Å². The van der Waals surface area contributed by atoms with Gasteiger partial charge in [0, 0.05) is 44.0 Å². The van der Waals surface area contributed by atoms with E-state index in [-0.39, 0.29) is 11.9 Å². The Labute approximate surface area is 157 Å². The fourth-order valence-corrected chi connectivity index (χ4v) is 3.49. The van der Waals surface area contributed by atoms with Gasteiger partial charge in [0.2, 0.25) is 0 Å². The monoisotopic (exact) mass is 374 g/mol.